The molecule has 0 unspecified atom stereocenters. The van der Waals surface area contributed by atoms with Gasteiger partial charge in [0.25, 0.3) is 0 Å². The predicted octanol–water partition coefficient (Wildman–Crippen LogP) is 11.1. The van der Waals surface area contributed by atoms with Gasteiger partial charge in [0.2, 0.25) is 0 Å². The van der Waals surface area contributed by atoms with Gasteiger partial charge in [0, 0.05) is 5.56 Å². The molecule has 0 amide bonds. The molecule has 0 radical (unpaired) electrons. The van der Waals surface area contributed by atoms with E-state index in [1.54, 1.807) is 0 Å². The van der Waals surface area contributed by atoms with E-state index in [-0.39, 0.29) is 5.82 Å². The largest absolute Gasteiger partial charge is 0.206 e. The van der Waals surface area contributed by atoms with Crippen molar-refractivity contribution in [2.24, 2.45) is 23.7 Å². The first-order valence-corrected chi connectivity index (χ1v) is 15.5. The first kappa shape index (κ1) is 26.0. The molecule has 2 aromatic rings. The minimum atomic E-state index is -0.0416. The summed E-state index contributed by atoms with van der Waals surface area (Å²) in [5, 5.41) is 0. The lowest BCUT2D eigenvalue weighted by molar-refractivity contribution is 0.156. The summed E-state index contributed by atoms with van der Waals surface area (Å²) in [4.78, 5) is 0. The van der Waals surface area contributed by atoms with Crippen LogP contribution in [0, 0.1) is 29.5 Å². The monoisotopic (exact) mass is 488 g/mol. The molecule has 3 saturated carbocycles. The van der Waals surface area contributed by atoms with Crippen LogP contribution in [0.3, 0.4) is 0 Å². The van der Waals surface area contributed by atoms with Crippen LogP contribution in [-0.4, -0.2) is 0 Å². The lowest BCUT2D eigenvalue weighted by atomic mass is 9.68. The zero-order valence-electron chi connectivity index (χ0n) is 23.0. The summed E-state index contributed by atoms with van der Waals surface area (Å²) in [5.41, 5.74) is 4.46. The van der Waals surface area contributed by atoms with Crippen LogP contribution in [0.2, 0.25) is 0 Å². The fourth-order valence-electron chi connectivity index (χ4n) is 8.14. The Kier molecular flexibility index (Phi) is 8.86. The van der Waals surface area contributed by atoms with Crippen LogP contribution in [0.25, 0.3) is 11.1 Å². The summed E-state index contributed by atoms with van der Waals surface area (Å²) in [7, 11) is 0. The molecule has 0 aromatic heterocycles. The minimum Gasteiger partial charge on any atom is -0.206 e. The zero-order valence-corrected chi connectivity index (χ0v) is 23.0. The molecule has 196 valence electrons. The zero-order chi connectivity index (χ0) is 24.9. The summed E-state index contributed by atoms with van der Waals surface area (Å²) in [6, 6.07) is 15.0. The molecule has 0 bridgehead atoms. The van der Waals surface area contributed by atoms with Crippen molar-refractivity contribution < 1.29 is 4.39 Å². The Morgan fingerprint density at radius 2 is 1.14 bits per heavy atom. The smallest absolute Gasteiger partial charge is 0.131 e. The maximum atomic E-state index is 15.3. The highest BCUT2D eigenvalue weighted by Gasteiger charge is 2.31. The Morgan fingerprint density at radius 3 is 1.72 bits per heavy atom. The number of rotatable bonds is 7. The minimum absolute atomic E-state index is 0.0416. The van der Waals surface area contributed by atoms with Gasteiger partial charge in [0.15, 0.2) is 0 Å². The number of benzene rings is 2. The molecule has 0 nitrogen and oxygen atoms in total. The first-order chi connectivity index (χ1) is 17.6. The Balaban J connectivity index is 1.15. The van der Waals surface area contributed by atoms with Crippen LogP contribution < -0.4 is 0 Å². The predicted molar refractivity (Wildman–Crippen MR) is 152 cm³/mol. The van der Waals surface area contributed by atoms with Gasteiger partial charge in [-0.1, -0.05) is 82.3 Å². The van der Waals surface area contributed by atoms with E-state index in [2.05, 4.69) is 44.2 Å². The molecule has 0 heterocycles. The SMILES string of the molecule is CCCC1CCC(C2CCC(c3ccc(-c4ccc(C5CCC(CC)CC5)cc4)c(F)c3)CC2)CC1. The molecule has 2 aromatic carbocycles. The normalized spacial score (nSPS) is 31.3. The molecule has 36 heavy (non-hydrogen) atoms. The molecule has 3 fully saturated rings. The van der Waals surface area contributed by atoms with Crippen molar-refractivity contribution in [2.45, 2.75) is 122 Å². The highest BCUT2D eigenvalue weighted by molar-refractivity contribution is 5.65. The van der Waals surface area contributed by atoms with Gasteiger partial charge in [-0.15, -0.1) is 0 Å². The summed E-state index contributed by atoms with van der Waals surface area (Å²) in [5.74, 6) is 5.00. The molecule has 3 aliphatic carbocycles. The standard InChI is InChI=1S/C35H49F/c1-3-5-26-8-12-28(13-9-26)29-14-16-31(17-15-29)33-22-23-34(35(36)24-33)32-20-18-30(19-21-32)27-10-6-25(4-2)7-11-27/h18-29,31H,3-17H2,1-2H3. The fraction of sp³-hybridized carbons (Fsp3) is 0.657. The van der Waals surface area contributed by atoms with E-state index in [0.717, 1.165) is 34.8 Å². The summed E-state index contributed by atoms with van der Waals surface area (Å²) < 4.78 is 15.3. The molecule has 3 aliphatic rings. The third-order valence-corrected chi connectivity index (χ3v) is 10.6. The molecule has 0 spiro atoms. The van der Waals surface area contributed by atoms with Crippen LogP contribution in [0.1, 0.15) is 133 Å². The van der Waals surface area contributed by atoms with Gasteiger partial charge in [-0.2, -0.15) is 0 Å². The number of hydrogen-bond acceptors (Lipinski definition) is 0. The van der Waals surface area contributed by atoms with Crippen molar-refractivity contribution in [1.29, 1.82) is 0 Å². The molecule has 0 aliphatic heterocycles. The molecular weight excluding hydrogens is 439 g/mol. The average Bonchev–Trinajstić information content (AvgIpc) is 2.94. The van der Waals surface area contributed by atoms with E-state index in [9.17, 15) is 0 Å². The molecule has 1 heteroatoms. The number of halogens is 1. The highest BCUT2D eigenvalue weighted by atomic mass is 19.1. The van der Waals surface area contributed by atoms with Gasteiger partial charge in [-0.25, -0.2) is 4.39 Å². The van der Waals surface area contributed by atoms with E-state index in [0.29, 0.717) is 11.8 Å². The second kappa shape index (κ2) is 12.3. The Morgan fingerprint density at radius 1 is 0.611 bits per heavy atom. The van der Waals surface area contributed by atoms with Crippen molar-refractivity contribution in [3.05, 3.63) is 59.4 Å². The Bertz CT molecular complexity index is 935. The van der Waals surface area contributed by atoms with Gasteiger partial charge in [0.05, 0.1) is 0 Å². The Hall–Kier alpha value is -1.63. The lowest BCUT2D eigenvalue weighted by Crippen LogP contribution is -2.25. The van der Waals surface area contributed by atoms with Crippen LogP contribution in [0.5, 0.6) is 0 Å². The molecule has 0 N–H and O–H groups in total. The van der Waals surface area contributed by atoms with Crippen LogP contribution >= 0.6 is 0 Å². The van der Waals surface area contributed by atoms with E-state index in [4.69, 9.17) is 0 Å². The van der Waals surface area contributed by atoms with Crippen molar-refractivity contribution in [3.8, 4) is 11.1 Å². The average molecular weight is 489 g/mol. The maximum Gasteiger partial charge on any atom is 0.131 e. The fourth-order valence-corrected chi connectivity index (χ4v) is 8.14. The highest BCUT2D eigenvalue weighted by Crippen LogP contribution is 2.45. The quantitative estimate of drug-likeness (QED) is 0.363. The molecule has 0 saturated heterocycles. The summed E-state index contributed by atoms with van der Waals surface area (Å²) in [6.45, 7) is 4.65. The summed E-state index contributed by atoms with van der Waals surface area (Å²) in [6.07, 6.45) is 20.5. The van der Waals surface area contributed by atoms with E-state index < -0.39 is 0 Å². The van der Waals surface area contributed by atoms with E-state index in [1.807, 2.05) is 12.1 Å². The number of hydrogen-bond donors (Lipinski definition) is 0. The van der Waals surface area contributed by atoms with Gasteiger partial charge in [-0.3, -0.25) is 0 Å². The topological polar surface area (TPSA) is 0 Å². The van der Waals surface area contributed by atoms with Gasteiger partial charge < -0.3 is 0 Å². The molecule has 5 rings (SSSR count). The van der Waals surface area contributed by atoms with Crippen LogP contribution in [-0.2, 0) is 0 Å². The van der Waals surface area contributed by atoms with Crippen molar-refractivity contribution in [1.82, 2.24) is 0 Å². The second-order valence-electron chi connectivity index (χ2n) is 12.7. The van der Waals surface area contributed by atoms with E-state index >= 15 is 4.39 Å². The molecular formula is C35H49F. The maximum absolute atomic E-state index is 15.3. The van der Waals surface area contributed by atoms with Gasteiger partial charge in [0.1, 0.15) is 5.82 Å². The Labute approximate surface area is 220 Å². The first-order valence-electron chi connectivity index (χ1n) is 15.5. The third kappa shape index (κ3) is 6.08. The van der Waals surface area contributed by atoms with Gasteiger partial charge in [-0.05, 0) is 122 Å². The van der Waals surface area contributed by atoms with Gasteiger partial charge >= 0.3 is 0 Å². The van der Waals surface area contributed by atoms with Crippen molar-refractivity contribution in [3.63, 3.8) is 0 Å². The van der Waals surface area contributed by atoms with Crippen molar-refractivity contribution >= 4 is 0 Å². The van der Waals surface area contributed by atoms with Crippen LogP contribution in [0.4, 0.5) is 4.39 Å². The molecule has 0 atom stereocenters. The van der Waals surface area contributed by atoms with E-state index in [1.165, 1.54) is 107 Å². The van der Waals surface area contributed by atoms with Crippen LogP contribution in [0.15, 0.2) is 42.5 Å². The second-order valence-corrected chi connectivity index (χ2v) is 12.7. The third-order valence-electron chi connectivity index (χ3n) is 10.6. The van der Waals surface area contributed by atoms with Crippen molar-refractivity contribution in [2.75, 3.05) is 0 Å². The summed E-state index contributed by atoms with van der Waals surface area (Å²) >= 11 is 0. The lowest BCUT2D eigenvalue weighted by Gasteiger charge is -2.38.